The fraction of sp³-hybridized carbons (Fsp3) is 0.393. The molecule has 3 heterocycles. The molecule has 1 N–H and O–H groups in total. The van der Waals surface area contributed by atoms with E-state index < -0.39 is 27.6 Å². The highest BCUT2D eigenvalue weighted by atomic mass is 32.2. The van der Waals surface area contributed by atoms with E-state index >= 15 is 0 Å². The van der Waals surface area contributed by atoms with E-state index in [1.807, 2.05) is 0 Å². The number of fused-ring (bicyclic) bond motifs is 1. The summed E-state index contributed by atoms with van der Waals surface area (Å²) in [4.78, 5) is 24.1. The van der Waals surface area contributed by atoms with Gasteiger partial charge in [-0.15, -0.1) is 0 Å². The highest BCUT2D eigenvalue weighted by Crippen LogP contribution is 2.39. The zero-order valence-electron chi connectivity index (χ0n) is 22.2. The van der Waals surface area contributed by atoms with Gasteiger partial charge in [-0.1, -0.05) is 32.9 Å². The minimum absolute atomic E-state index is 0.0227. The van der Waals surface area contributed by atoms with Crippen molar-refractivity contribution in [3.8, 4) is 0 Å². The number of sulfone groups is 1. The molecule has 0 unspecified atom stereocenters. The first-order chi connectivity index (χ1) is 18.3. The van der Waals surface area contributed by atoms with E-state index in [1.165, 1.54) is 30.6 Å². The number of rotatable bonds is 8. The molecule has 1 aliphatic rings. The van der Waals surface area contributed by atoms with E-state index in [2.05, 4.69) is 34.0 Å². The minimum Gasteiger partial charge on any atom is -0.344 e. The Hall–Kier alpha value is -3.31. The van der Waals surface area contributed by atoms with E-state index in [0.717, 1.165) is 29.0 Å². The number of pyridine rings is 2. The Bertz CT molecular complexity index is 1440. The predicted octanol–water partition coefficient (Wildman–Crippen LogP) is 5.49. The second-order valence-electron chi connectivity index (χ2n) is 10.1. The summed E-state index contributed by atoms with van der Waals surface area (Å²) in [6, 6.07) is 9.54. The fourth-order valence-electron chi connectivity index (χ4n) is 4.81. The van der Waals surface area contributed by atoms with Gasteiger partial charge in [0.2, 0.25) is 0 Å². The lowest BCUT2D eigenvalue weighted by Gasteiger charge is -2.27. The third-order valence-corrected chi connectivity index (χ3v) is 8.62. The zero-order chi connectivity index (χ0) is 28.5. The molecular weight excluding hydrogens is 529 g/mol. The molecule has 208 valence electrons. The molecular formula is C28H31F3N4O3S. The van der Waals surface area contributed by atoms with Crippen LogP contribution in [0.25, 0.3) is 0 Å². The van der Waals surface area contributed by atoms with Gasteiger partial charge in [0.15, 0.2) is 9.84 Å². The van der Waals surface area contributed by atoms with Gasteiger partial charge in [0.25, 0.3) is 5.91 Å². The van der Waals surface area contributed by atoms with Gasteiger partial charge in [0, 0.05) is 25.5 Å². The standard InChI is InChI=1S/C28H31F3N4O3S/c1-5-39(37,38)23-10-11-24(32-14-23)18(4)34-27(36)20-12-21-16-35(26(17(2)3)25(21)33-13-20)15-19-6-8-22(9-7-19)28(29,30)31/h6-14,17-18,26H,5,15-16H2,1-4H3,(H,34,36)/t18-,26-/m0/s1. The molecule has 1 amide bonds. The molecule has 2 atom stereocenters. The number of hydrogen-bond donors (Lipinski definition) is 1. The van der Waals surface area contributed by atoms with Gasteiger partial charge >= 0.3 is 6.18 Å². The summed E-state index contributed by atoms with van der Waals surface area (Å²) in [7, 11) is -3.36. The van der Waals surface area contributed by atoms with Gasteiger partial charge < -0.3 is 5.32 Å². The summed E-state index contributed by atoms with van der Waals surface area (Å²) in [6.45, 7) is 8.41. The maximum atomic E-state index is 13.0. The lowest BCUT2D eigenvalue weighted by atomic mass is 9.99. The first-order valence-electron chi connectivity index (χ1n) is 12.7. The topological polar surface area (TPSA) is 92.3 Å². The maximum Gasteiger partial charge on any atom is 0.416 e. The first-order valence-corrected chi connectivity index (χ1v) is 14.3. The van der Waals surface area contributed by atoms with Crippen LogP contribution in [0.2, 0.25) is 0 Å². The molecule has 1 aliphatic heterocycles. The largest absolute Gasteiger partial charge is 0.416 e. The monoisotopic (exact) mass is 560 g/mol. The second-order valence-corrected chi connectivity index (χ2v) is 12.4. The first kappa shape index (κ1) is 28.7. The highest BCUT2D eigenvalue weighted by Gasteiger charge is 2.35. The van der Waals surface area contributed by atoms with Gasteiger partial charge in [-0.2, -0.15) is 13.2 Å². The Labute approximate surface area is 226 Å². The number of aromatic nitrogens is 2. The van der Waals surface area contributed by atoms with Crippen molar-refractivity contribution in [3.63, 3.8) is 0 Å². The molecule has 3 aromatic rings. The third kappa shape index (κ3) is 6.30. The summed E-state index contributed by atoms with van der Waals surface area (Å²) < 4.78 is 62.9. The third-order valence-electron chi connectivity index (χ3n) is 6.90. The van der Waals surface area contributed by atoms with E-state index in [1.54, 1.807) is 26.0 Å². The van der Waals surface area contributed by atoms with Gasteiger partial charge in [-0.3, -0.25) is 19.7 Å². The molecule has 4 rings (SSSR count). The van der Waals surface area contributed by atoms with Crippen LogP contribution < -0.4 is 5.32 Å². The van der Waals surface area contributed by atoms with Gasteiger partial charge in [-0.05, 0) is 54.3 Å². The van der Waals surface area contributed by atoms with E-state index in [0.29, 0.717) is 24.3 Å². The molecule has 0 saturated heterocycles. The highest BCUT2D eigenvalue weighted by molar-refractivity contribution is 7.91. The van der Waals surface area contributed by atoms with Crippen LogP contribution in [0.5, 0.6) is 0 Å². The van der Waals surface area contributed by atoms with Crippen LogP contribution in [0.3, 0.4) is 0 Å². The minimum atomic E-state index is -4.38. The number of nitrogens with zero attached hydrogens (tertiary/aromatic N) is 3. The number of benzene rings is 1. The Morgan fingerprint density at radius 3 is 2.33 bits per heavy atom. The van der Waals surface area contributed by atoms with Crippen LogP contribution in [0.4, 0.5) is 13.2 Å². The Morgan fingerprint density at radius 1 is 1.08 bits per heavy atom. The second kappa shape index (κ2) is 11.1. The van der Waals surface area contributed by atoms with Gasteiger partial charge in [0.05, 0.1) is 45.2 Å². The van der Waals surface area contributed by atoms with Crippen molar-refractivity contribution in [2.24, 2.45) is 5.92 Å². The number of carbonyl (C=O) groups is 1. The lowest BCUT2D eigenvalue weighted by molar-refractivity contribution is -0.137. The van der Waals surface area contributed by atoms with Crippen LogP contribution in [0.15, 0.2) is 59.8 Å². The lowest BCUT2D eigenvalue weighted by Crippen LogP contribution is -2.27. The average Bonchev–Trinajstić information content (AvgIpc) is 3.25. The van der Waals surface area contributed by atoms with Crippen LogP contribution in [0, 0.1) is 5.92 Å². The Kier molecular flexibility index (Phi) is 8.13. The predicted molar refractivity (Wildman–Crippen MR) is 140 cm³/mol. The average molecular weight is 561 g/mol. The zero-order valence-corrected chi connectivity index (χ0v) is 23.0. The summed E-state index contributed by atoms with van der Waals surface area (Å²) in [5.41, 5.74) is 2.74. The number of nitrogens with one attached hydrogen (secondary N) is 1. The number of halogens is 3. The summed E-state index contributed by atoms with van der Waals surface area (Å²) in [5, 5.41) is 2.88. The molecule has 0 fully saturated rings. The molecule has 11 heteroatoms. The van der Waals surface area contributed by atoms with Crippen molar-refractivity contribution in [1.82, 2.24) is 20.2 Å². The fourth-order valence-corrected chi connectivity index (χ4v) is 5.63. The van der Waals surface area contributed by atoms with Gasteiger partial charge in [-0.25, -0.2) is 8.42 Å². The number of alkyl halides is 3. The smallest absolute Gasteiger partial charge is 0.344 e. The molecule has 0 bridgehead atoms. The number of carbonyl (C=O) groups excluding carboxylic acids is 1. The summed E-state index contributed by atoms with van der Waals surface area (Å²) in [5.74, 6) is -0.170. The van der Waals surface area contributed by atoms with Crippen molar-refractivity contribution in [1.29, 1.82) is 0 Å². The number of amides is 1. The van der Waals surface area contributed by atoms with Crippen LogP contribution in [-0.4, -0.2) is 34.9 Å². The number of hydrogen-bond acceptors (Lipinski definition) is 6. The molecule has 1 aromatic carbocycles. The SMILES string of the molecule is CCS(=O)(=O)c1ccc([C@H](C)NC(=O)c2cnc3c(c2)CN(Cc2ccc(C(F)(F)F)cc2)[C@H]3C(C)C)nc1. The maximum absolute atomic E-state index is 13.0. The van der Waals surface area contributed by atoms with Crippen molar-refractivity contribution in [3.05, 3.63) is 88.5 Å². The quantitative estimate of drug-likeness (QED) is 0.392. The van der Waals surface area contributed by atoms with Crippen LogP contribution in [0.1, 0.15) is 78.2 Å². The molecule has 0 spiro atoms. The summed E-state index contributed by atoms with van der Waals surface area (Å²) in [6.07, 6.45) is -1.55. The van der Waals surface area contributed by atoms with Crippen molar-refractivity contribution in [2.75, 3.05) is 5.75 Å². The molecule has 0 saturated carbocycles. The summed E-state index contributed by atoms with van der Waals surface area (Å²) >= 11 is 0. The van der Waals surface area contributed by atoms with Crippen LogP contribution >= 0.6 is 0 Å². The normalized spacial score (nSPS) is 16.8. The van der Waals surface area contributed by atoms with E-state index in [4.69, 9.17) is 0 Å². The van der Waals surface area contributed by atoms with Crippen molar-refractivity contribution < 1.29 is 26.4 Å². The Morgan fingerprint density at radius 2 is 1.77 bits per heavy atom. The van der Waals surface area contributed by atoms with Crippen LogP contribution in [-0.2, 0) is 29.1 Å². The molecule has 2 aromatic heterocycles. The Balaban J connectivity index is 1.47. The van der Waals surface area contributed by atoms with E-state index in [9.17, 15) is 26.4 Å². The van der Waals surface area contributed by atoms with Gasteiger partial charge in [0.1, 0.15) is 0 Å². The van der Waals surface area contributed by atoms with E-state index in [-0.39, 0.29) is 28.5 Å². The molecule has 0 radical (unpaired) electrons. The van der Waals surface area contributed by atoms with Crippen molar-refractivity contribution in [2.45, 2.75) is 63.9 Å². The molecule has 39 heavy (non-hydrogen) atoms. The molecule has 0 aliphatic carbocycles. The van der Waals surface area contributed by atoms with Crippen molar-refractivity contribution >= 4 is 15.7 Å². The molecule has 7 nitrogen and oxygen atoms in total.